The van der Waals surface area contributed by atoms with Crippen LogP contribution in [-0.2, 0) is 25.8 Å². The number of hydrogen-bond acceptors (Lipinski definition) is 0. The Hall–Kier alpha value is 0.844. The summed E-state index contributed by atoms with van der Waals surface area (Å²) in [6.07, 6.45) is 20.0. The minimum atomic E-state index is 0. The molecule has 0 heterocycles. The van der Waals surface area contributed by atoms with Crippen LogP contribution in [0.5, 0.6) is 0 Å². The van der Waals surface area contributed by atoms with Crippen LogP contribution in [0.15, 0.2) is 36.5 Å². The Morgan fingerprint density at radius 3 is 1.11 bits per heavy atom. The maximum absolute atomic E-state index is 2.99. The van der Waals surface area contributed by atoms with Crippen molar-refractivity contribution in [2.24, 2.45) is 0 Å². The van der Waals surface area contributed by atoms with E-state index in [1.807, 2.05) is 24.3 Å². The molecule has 2 aliphatic rings. The summed E-state index contributed by atoms with van der Waals surface area (Å²) in [7, 11) is 0.300. The van der Waals surface area contributed by atoms with Crippen LogP contribution in [0.1, 0.15) is 12.8 Å². The third-order valence-electron chi connectivity index (χ3n) is 2.17. The molecule has 0 spiro atoms. The molecule has 0 unspecified atom stereocenters. The average molecular weight is 496 g/mol. The molecular formula is C14H22Cl2HfSi2. The van der Waals surface area contributed by atoms with Crippen molar-refractivity contribution in [3.8, 4) is 0 Å². The Morgan fingerprint density at radius 2 is 1.05 bits per heavy atom. The average Bonchev–Trinajstić information content (AvgIpc) is 2.97. The first-order valence-electron chi connectivity index (χ1n) is 5.68. The molecule has 0 saturated carbocycles. The van der Waals surface area contributed by atoms with Gasteiger partial charge in [0.2, 0.25) is 0 Å². The molecule has 0 N–H and O–H groups in total. The Labute approximate surface area is 154 Å². The fraction of sp³-hybridized carbons (Fsp3) is 0.429. The fourth-order valence-electron chi connectivity index (χ4n) is 0.680. The second kappa shape index (κ2) is 21.1. The van der Waals surface area contributed by atoms with Crippen LogP contribution >= 0.6 is 0 Å². The molecule has 0 atom stereocenters. The summed E-state index contributed by atoms with van der Waals surface area (Å²) >= 11 is 0. The minimum Gasteiger partial charge on any atom is -1.00 e. The van der Waals surface area contributed by atoms with E-state index < -0.39 is 0 Å². The Balaban J connectivity index is -0.0000000824. The normalized spacial score (nSPS) is 12.7. The first-order chi connectivity index (χ1) is 7.64. The summed E-state index contributed by atoms with van der Waals surface area (Å²) in [6, 6.07) is 0. The summed E-state index contributed by atoms with van der Waals surface area (Å²) in [5.41, 5.74) is 0. The zero-order chi connectivity index (χ0) is 12.2. The topological polar surface area (TPSA) is 0 Å². The smallest absolute Gasteiger partial charge is 1.00 e. The van der Waals surface area contributed by atoms with Crippen molar-refractivity contribution in [2.75, 3.05) is 0 Å². The number of hydrogen-bond donors (Lipinski definition) is 0. The summed E-state index contributed by atoms with van der Waals surface area (Å²) in [4.78, 5) is 0. The minimum absolute atomic E-state index is 0. The van der Waals surface area contributed by atoms with Crippen molar-refractivity contribution in [1.82, 2.24) is 0 Å². The van der Waals surface area contributed by atoms with Crippen LogP contribution < -0.4 is 24.8 Å². The van der Waals surface area contributed by atoms with Gasteiger partial charge in [-0.25, -0.2) is 24.3 Å². The van der Waals surface area contributed by atoms with Gasteiger partial charge in [0.05, 0.1) is 0 Å². The summed E-state index contributed by atoms with van der Waals surface area (Å²) in [5.74, 6) is 0. The molecule has 104 valence electrons. The first kappa shape index (κ1) is 28.1. The predicted octanol–water partition coefficient (Wildman–Crippen LogP) is -1.81. The van der Waals surface area contributed by atoms with Crippen molar-refractivity contribution in [3.63, 3.8) is 0 Å². The molecule has 0 aliphatic heterocycles. The Bertz CT molecular complexity index is 225. The second-order valence-electron chi connectivity index (χ2n) is 4.01. The van der Waals surface area contributed by atoms with E-state index in [4.69, 9.17) is 0 Å². The van der Waals surface area contributed by atoms with E-state index in [2.05, 4.69) is 50.5 Å². The van der Waals surface area contributed by atoms with Gasteiger partial charge >= 0.3 is 25.8 Å². The second-order valence-corrected chi connectivity index (χ2v) is 14.0. The van der Waals surface area contributed by atoms with Crippen molar-refractivity contribution < 1.29 is 50.7 Å². The molecule has 0 amide bonds. The molecule has 0 nitrogen and oxygen atoms in total. The third kappa shape index (κ3) is 24.3. The van der Waals surface area contributed by atoms with Crippen LogP contribution in [0.2, 0.25) is 26.2 Å². The third-order valence-corrected chi connectivity index (χ3v) is 10.2. The van der Waals surface area contributed by atoms with Gasteiger partial charge in [0.15, 0.2) is 0 Å². The van der Waals surface area contributed by atoms with Crippen molar-refractivity contribution in [2.45, 2.75) is 39.0 Å². The van der Waals surface area contributed by atoms with Gasteiger partial charge < -0.3 is 24.8 Å². The fourth-order valence-corrected chi connectivity index (χ4v) is 0.680. The van der Waals surface area contributed by atoms with Crippen LogP contribution in [-0.4, -0.2) is 16.6 Å². The molecule has 0 bridgehead atoms. The van der Waals surface area contributed by atoms with Gasteiger partial charge in [0.25, 0.3) is 0 Å². The van der Waals surface area contributed by atoms with E-state index >= 15 is 0 Å². The Kier molecular flexibility index (Phi) is 31.2. The molecule has 0 saturated heterocycles. The molecule has 0 aromatic heterocycles. The molecule has 5 heteroatoms. The van der Waals surface area contributed by atoms with E-state index in [1.54, 1.807) is 0 Å². The standard InChI is InChI=1S/2C5H5.C4H12Si2.2ClH.Hf/c2*1-2-4-5-3-1;1-5(2)6(3)4;;;/h2*1-3H,4H2;1-4H3;2*1H;/q2*-1;;;;+4/p-2. The molecule has 2 rings (SSSR count). The predicted molar refractivity (Wildman–Crippen MR) is 78.1 cm³/mol. The van der Waals surface area contributed by atoms with Gasteiger partial charge in [0, 0.05) is 16.6 Å². The van der Waals surface area contributed by atoms with Crippen molar-refractivity contribution in [3.05, 3.63) is 48.6 Å². The molecule has 2 radical (unpaired) electrons. The van der Waals surface area contributed by atoms with E-state index in [9.17, 15) is 0 Å². The van der Waals surface area contributed by atoms with E-state index in [-0.39, 0.29) is 67.3 Å². The van der Waals surface area contributed by atoms with Gasteiger partial charge in [-0.3, -0.25) is 12.2 Å². The van der Waals surface area contributed by atoms with Gasteiger partial charge in [-0.1, -0.05) is 26.2 Å². The number of rotatable bonds is 1. The van der Waals surface area contributed by atoms with Gasteiger partial charge in [-0.05, 0) is 0 Å². The molecule has 2 aliphatic carbocycles. The maximum Gasteiger partial charge on any atom is 4.00 e. The quantitative estimate of drug-likeness (QED) is 0.297. The van der Waals surface area contributed by atoms with E-state index in [0.29, 0.717) is 0 Å². The summed E-state index contributed by atoms with van der Waals surface area (Å²) in [5, 5.41) is 0. The van der Waals surface area contributed by atoms with Crippen LogP contribution in [0.3, 0.4) is 0 Å². The first-order valence-corrected chi connectivity index (χ1v) is 11.7. The number of allylic oxidation sites excluding steroid dienone is 8. The molecular weight excluding hydrogens is 474 g/mol. The molecule has 19 heavy (non-hydrogen) atoms. The Morgan fingerprint density at radius 1 is 0.737 bits per heavy atom. The number of halogens is 2. The van der Waals surface area contributed by atoms with E-state index in [0.717, 1.165) is 12.8 Å². The van der Waals surface area contributed by atoms with E-state index in [1.165, 1.54) is 0 Å². The van der Waals surface area contributed by atoms with Crippen LogP contribution in [0.25, 0.3) is 0 Å². The van der Waals surface area contributed by atoms with Gasteiger partial charge in [-0.2, -0.15) is 12.2 Å². The zero-order valence-corrected chi connectivity index (χ0v) is 19.2. The largest absolute Gasteiger partial charge is 4.00 e. The van der Waals surface area contributed by atoms with Crippen LogP contribution in [0, 0.1) is 12.2 Å². The van der Waals surface area contributed by atoms with Crippen molar-refractivity contribution in [1.29, 1.82) is 0 Å². The SMILES string of the molecule is C[Si](C)[Si](C)C.[C-]1=CC=CC1.[C-]1=CC=CC1.[Cl-].[Cl-].[Hf+4]. The molecule has 0 aromatic rings. The van der Waals surface area contributed by atoms with Crippen LogP contribution in [0.4, 0.5) is 0 Å². The summed E-state index contributed by atoms with van der Waals surface area (Å²) < 4.78 is 0. The van der Waals surface area contributed by atoms with Gasteiger partial charge in [-0.15, -0.1) is 12.8 Å². The molecule has 0 aromatic carbocycles. The van der Waals surface area contributed by atoms with Crippen molar-refractivity contribution >= 4 is 16.6 Å². The van der Waals surface area contributed by atoms with Gasteiger partial charge in [0.1, 0.15) is 0 Å². The molecule has 0 fully saturated rings. The maximum atomic E-state index is 2.99. The summed E-state index contributed by atoms with van der Waals surface area (Å²) in [6.45, 7) is 9.55. The monoisotopic (exact) mass is 496 g/mol. The zero-order valence-electron chi connectivity index (χ0n) is 12.1.